The quantitative estimate of drug-likeness (QED) is 0.587. The van der Waals surface area contributed by atoms with Crippen LogP contribution in [-0.4, -0.2) is 26.4 Å². The molecule has 3 rings (SSSR count). The SMILES string of the molecule is Cc1cc(Br)ccc1SCC(=O)Nc1cccc(Cl)c1-n1cncn1. The minimum Gasteiger partial charge on any atom is -0.323 e. The molecule has 128 valence electrons. The molecule has 25 heavy (non-hydrogen) atoms. The predicted octanol–water partition coefficient (Wildman–Crippen LogP) is 4.72. The Morgan fingerprint density at radius 1 is 1.36 bits per heavy atom. The Hall–Kier alpha value is -1.83. The number of aryl methyl sites for hydroxylation is 1. The van der Waals surface area contributed by atoms with E-state index in [4.69, 9.17) is 11.6 Å². The van der Waals surface area contributed by atoms with E-state index in [1.807, 2.05) is 25.1 Å². The molecule has 3 aromatic rings. The molecule has 0 unspecified atom stereocenters. The highest BCUT2D eigenvalue weighted by Gasteiger charge is 2.13. The first-order valence-electron chi connectivity index (χ1n) is 7.37. The predicted molar refractivity (Wildman–Crippen MR) is 105 cm³/mol. The first-order chi connectivity index (χ1) is 12.0. The van der Waals surface area contributed by atoms with Gasteiger partial charge in [0.1, 0.15) is 18.3 Å². The lowest BCUT2D eigenvalue weighted by Gasteiger charge is -2.12. The summed E-state index contributed by atoms with van der Waals surface area (Å²) in [6.45, 7) is 2.02. The topological polar surface area (TPSA) is 59.8 Å². The molecule has 0 saturated heterocycles. The first-order valence-corrected chi connectivity index (χ1v) is 9.52. The van der Waals surface area contributed by atoms with E-state index in [1.165, 1.54) is 29.1 Å². The van der Waals surface area contributed by atoms with Gasteiger partial charge in [0.25, 0.3) is 0 Å². The van der Waals surface area contributed by atoms with Crippen molar-refractivity contribution < 1.29 is 4.79 Å². The number of nitrogens with one attached hydrogen (secondary N) is 1. The number of hydrogen-bond acceptors (Lipinski definition) is 4. The van der Waals surface area contributed by atoms with Gasteiger partial charge in [0.05, 0.1) is 16.5 Å². The first kappa shape index (κ1) is 18.0. The maximum Gasteiger partial charge on any atom is 0.234 e. The van der Waals surface area contributed by atoms with Crippen LogP contribution in [0.15, 0.2) is 58.4 Å². The van der Waals surface area contributed by atoms with Crippen molar-refractivity contribution in [2.75, 3.05) is 11.1 Å². The monoisotopic (exact) mass is 436 g/mol. The summed E-state index contributed by atoms with van der Waals surface area (Å²) in [7, 11) is 0. The van der Waals surface area contributed by atoms with Gasteiger partial charge < -0.3 is 5.32 Å². The lowest BCUT2D eigenvalue weighted by Crippen LogP contribution is -2.16. The molecule has 0 aliphatic carbocycles. The fraction of sp³-hybridized carbons (Fsp3) is 0.118. The van der Waals surface area contributed by atoms with E-state index < -0.39 is 0 Å². The number of aromatic nitrogens is 3. The second-order valence-corrected chi connectivity index (χ2v) is 7.56. The lowest BCUT2D eigenvalue weighted by atomic mass is 10.2. The van der Waals surface area contributed by atoms with E-state index in [1.54, 1.807) is 18.2 Å². The molecule has 8 heteroatoms. The molecule has 5 nitrogen and oxygen atoms in total. The third-order valence-electron chi connectivity index (χ3n) is 3.40. The van der Waals surface area contributed by atoms with Crippen molar-refractivity contribution >= 4 is 50.9 Å². The number of benzene rings is 2. The number of amides is 1. The van der Waals surface area contributed by atoms with Gasteiger partial charge in [-0.3, -0.25) is 4.79 Å². The molecule has 0 saturated carbocycles. The van der Waals surface area contributed by atoms with Crippen LogP contribution in [0, 0.1) is 6.92 Å². The van der Waals surface area contributed by atoms with Crippen molar-refractivity contribution in [3.05, 3.63) is 64.1 Å². The fourth-order valence-electron chi connectivity index (χ4n) is 2.28. The van der Waals surface area contributed by atoms with Crippen LogP contribution < -0.4 is 5.32 Å². The number of nitrogens with zero attached hydrogens (tertiary/aromatic N) is 3. The van der Waals surface area contributed by atoms with Crippen molar-refractivity contribution in [2.24, 2.45) is 0 Å². The van der Waals surface area contributed by atoms with E-state index in [2.05, 4.69) is 31.3 Å². The third-order valence-corrected chi connectivity index (χ3v) is 5.38. The number of carbonyl (C=O) groups is 1. The number of hydrogen-bond donors (Lipinski definition) is 1. The highest BCUT2D eigenvalue weighted by atomic mass is 79.9. The molecule has 2 aromatic carbocycles. The molecule has 0 spiro atoms. The summed E-state index contributed by atoms with van der Waals surface area (Å²) < 4.78 is 2.56. The summed E-state index contributed by atoms with van der Waals surface area (Å²) in [5.74, 6) is 0.183. The van der Waals surface area contributed by atoms with Crippen molar-refractivity contribution in [2.45, 2.75) is 11.8 Å². The average molecular weight is 438 g/mol. The molecular weight excluding hydrogens is 424 g/mol. The zero-order chi connectivity index (χ0) is 17.8. The minimum absolute atomic E-state index is 0.115. The summed E-state index contributed by atoms with van der Waals surface area (Å²) in [4.78, 5) is 17.4. The van der Waals surface area contributed by atoms with Gasteiger partial charge in [-0.05, 0) is 42.8 Å². The number of anilines is 1. The number of para-hydroxylation sites is 1. The molecule has 1 N–H and O–H groups in total. The zero-order valence-corrected chi connectivity index (χ0v) is 16.4. The maximum absolute atomic E-state index is 12.4. The van der Waals surface area contributed by atoms with Gasteiger partial charge in [-0.25, -0.2) is 9.67 Å². The van der Waals surface area contributed by atoms with Crippen molar-refractivity contribution in [1.82, 2.24) is 14.8 Å². The number of halogens is 2. The largest absolute Gasteiger partial charge is 0.323 e. The van der Waals surface area contributed by atoms with Crippen molar-refractivity contribution in [3.8, 4) is 5.69 Å². The normalized spacial score (nSPS) is 10.7. The van der Waals surface area contributed by atoms with Crippen molar-refractivity contribution in [1.29, 1.82) is 0 Å². The van der Waals surface area contributed by atoms with Gasteiger partial charge in [0, 0.05) is 9.37 Å². The zero-order valence-electron chi connectivity index (χ0n) is 13.2. The average Bonchev–Trinajstić information content (AvgIpc) is 3.08. The number of rotatable bonds is 5. The van der Waals surface area contributed by atoms with Crippen LogP contribution in [0.2, 0.25) is 5.02 Å². The number of carbonyl (C=O) groups excluding carboxylic acids is 1. The molecule has 1 aromatic heterocycles. The van der Waals surface area contributed by atoms with Gasteiger partial charge in [0.2, 0.25) is 5.91 Å². The van der Waals surface area contributed by atoms with Gasteiger partial charge in [-0.15, -0.1) is 11.8 Å². The van der Waals surface area contributed by atoms with E-state index in [0.717, 1.165) is 14.9 Å². The summed E-state index contributed by atoms with van der Waals surface area (Å²) >= 11 is 11.2. The van der Waals surface area contributed by atoms with Gasteiger partial charge >= 0.3 is 0 Å². The Balaban J connectivity index is 1.72. The molecule has 0 aliphatic rings. The Morgan fingerprint density at radius 3 is 2.92 bits per heavy atom. The Morgan fingerprint density at radius 2 is 2.20 bits per heavy atom. The van der Waals surface area contributed by atoms with Gasteiger partial charge in [0.15, 0.2) is 0 Å². The fourth-order valence-corrected chi connectivity index (χ4v) is 3.82. The van der Waals surface area contributed by atoms with Crippen LogP contribution in [0.25, 0.3) is 5.69 Å². The van der Waals surface area contributed by atoms with Gasteiger partial charge in [-0.2, -0.15) is 5.10 Å². The summed E-state index contributed by atoms with van der Waals surface area (Å²) in [6.07, 6.45) is 2.96. The van der Waals surface area contributed by atoms with Crippen LogP contribution in [0.4, 0.5) is 5.69 Å². The highest BCUT2D eigenvalue weighted by Crippen LogP contribution is 2.29. The van der Waals surface area contributed by atoms with E-state index in [9.17, 15) is 4.79 Å². The number of thioether (sulfide) groups is 1. The minimum atomic E-state index is -0.115. The van der Waals surface area contributed by atoms with E-state index >= 15 is 0 Å². The molecule has 0 atom stereocenters. The Kier molecular flexibility index (Phi) is 5.78. The molecule has 0 radical (unpaired) electrons. The summed E-state index contributed by atoms with van der Waals surface area (Å²) in [5, 5.41) is 7.47. The summed E-state index contributed by atoms with van der Waals surface area (Å²) in [5.41, 5.74) is 2.31. The molecular formula is C17H14BrClN4OS. The van der Waals surface area contributed by atoms with Crippen LogP contribution in [0.3, 0.4) is 0 Å². The molecule has 1 heterocycles. The Labute approximate surface area is 162 Å². The van der Waals surface area contributed by atoms with E-state index in [-0.39, 0.29) is 5.91 Å². The highest BCUT2D eigenvalue weighted by molar-refractivity contribution is 9.10. The maximum atomic E-state index is 12.4. The second-order valence-electron chi connectivity index (χ2n) is 5.22. The second kappa shape index (κ2) is 8.03. The summed E-state index contributed by atoms with van der Waals surface area (Å²) in [6, 6.07) is 11.3. The van der Waals surface area contributed by atoms with E-state index in [0.29, 0.717) is 22.2 Å². The molecule has 0 fully saturated rings. The molecule has 1 amide bonds. The third kappa shape index (κ3) is 4.42. The lowest BCUT2D eigenvalue weighted by molar-refractivity contribution is -0.113. The van der Waals surface area contributed by atoms with Crippen LogP contribution in [0.1, 0.15) is 5.56 Å². The molecule has 0 bridgehead atoms. The smallest absolute Gasteiger partial charge is 0.234 e. The standard InChI is InChI=1S/C17H14BrClN4OS/c1-11-7-12(18)5-6-15(11)25-8-16(24)22-14-4-2-3-13(19)17(14)23-10-20-9-21-23/h2-7,9-10H,8H2,1H3,(H,22,24). The van der Waals surface area contributed by atoms with Crippen LogP contribution >= 0.6 is 39.3 Å². The van der Waals surface area contributed by atoms with Crippen LogP contribution in [-0.2, 0) is 4.79 Å². The Bertz CT molecular complexity index is 902. The van der Waals surface area contributed by atoms with Crippen LogP contribution in [0.5, 0.6) is 0 Å². The molecule has 0 aliphatic heterocycles. The van der Waals surface area contributed by atoms with Gasteiger partial charge in [-0.1, -0.05) is 33.6 Å². The van der Waals surface area contributed by atoms with Crippen molar-refractivity contribution in [3.63, 3.8) is 0 Å².